The number of carbonyl (C=O) groups is 1. The molecular weight excluding hydrogens is 314 g/mol. The molecule has 0 bridgehead atoms. The van der Waals surface area contributed by atoms with E-state index in [-0.39, 0.29) is 5.91 Å². The molecule has 2 heterocycles. The van der Waals surface area contributed by atoms with Gasteiger partial charge < -0.3 is 9.88 Å². The molecule has 1 N–H and O–H groups in total. The molecular formula is C16H21N3O3S. The number of aromatic nitrogens is 1. The molecule has 3 rings (SSSR count). The Bertz CT molecular complexity index is 805. The number of piperazine rings is 1. The maximum Gasteiger partial charge on any atom is 0.222 e. The fourth-order valence-corrected chi connectivity index (χ4v) is 3.83. The van der Waals surface area contributed by atoms with Crippen molar-refractivity contribution in [2.45, 2.75) is 12.8 Å². The predicted molar refractivity (Wildman–Crippen MR) is 89.6 cm³/mol. The zero-order valence-electron chi connectivity index (χ0n) is 13.2. The number of para-hydroxylation sites is 1. The van der Waals surface area contributed by atoms with Gasteiger partial charge in [-0.05, 0) is 18.1 Å². The van der Waals surface area contributed by atoms with Crippen LogP contribution in [0.4, 0.5) is 0 Å². The van der Waals surface area contributed by atoms with Gasteiger partial charge in [-0.15, -0.1) is 0 Å². The highest BCUT2D eigenvalue weighted by atomic mass is 32.2. The van der Waals surface area contributed by atoms with Crippen molar-refractivity contribution in [2.24, 2.45) is 0 Å². The van der Waals surface area contributed by atoms with Crippen molar-refractivity contribution in [3.05, 3.63) is 36.0 Å². The molecule has 1 aliphatic heterocycles. The highest BCUT2D eigenvalue weighted by Gasteiger charge is 2.25. The van der Waals surface area contributed by atoms with E-state index < -0.39 is 10.0 Å². The number of amides is 1. The van der Waals surface area contributed by atoms with Crippen LogP contribution in [0.25, 0.3) is 10.9 Å². The second-order valence-corrected chi connectivity index (χ2v) is 7.88. The third-order valence-electron chi connectivity index (χ3n) is 4.34. The number of carbonyl (C=O) groups excluding carboxylic acids is 1. The zero-order valence-corrected chi connectivity index (χ0v) is 14.0. The van der Waals surface area contributed by atoms with Crippen LogP contribution in [0.15, 0.2) is 30.5 Å². The van der Waals surface area contributed by atoms with E-state index in [0.29, 0.717) is 39.0 Å². The van der Waals surface area contributed by atoms with E-state index in [1.165, 1.54) is 10.6 Å². The minimum absolute atomic E-state index is 0.0865. The molecule has 0 atom stereocenters. The van der Waals surface area contributed by atoms with Gasteiger partial charge in [0.05, 0.1) is 6.26 Å². The summed E-state index contributed by atoms with van der Waals surface area (Å²) >= 11 is 0. The third kappa shape index (κ3) is 3.56. The van der Waals surface area contributed by atoms with Gasteiger partial charge >= 0.3 is 0 Å². The number of sulfonamides is 1. The molecule has 0 aliphatic carbocycles. The number of nitrogens with zero attached hydrogens (tertiary/aromatic N) is 2. The summed E-state index contributed by atoms with van der Waals surface area (Å²) in [6, 6.07) is 8.04. The van der Waals surface area contributed by atoms with Gasteiger partial charge in [0.15, 0.2) is 0 Å². The van der Waals surface area contributed by atoms with E-state index in [1.54, 1.807) is 4.90 Å². The molecule has 1 amide bonds. The fourth-order valence-electron chi connectivity index (χ4n) is 3.01. The zero-order chi connectivity index (χ0) is 16.4. The minimum atomic E-state index is -3.16. The van der Waals surface area contributed by atoms with E-state index in [1.807, 2.05) is 24.4 Å². The molecule has 1 fully saturated rings. The van der Waals surface area contributed by atoms with Crippen LogP contribution in [-0.4, -0.2) is 60.9 Å². The van der Waals surface area contributed by atoms with Gasteiger partial charge in [-0.3, -0.25) is 4.79 Å². The Kier molecular flexibility index (Phi) is 4.41. The predicted octanol–water partition coefficient (Wildman–Crippen LogP) is 1.20. The molecule has 2 aromatic rings. The van der Waals surface area contributed by atoms with E-state index in [2.05, 4.69) is 11.1 Å². The molecule has 1 aromatic heterocycles. The highest BCUT2D eigenvalue weighted by Crippen LogP contribution is 2.19. The van der Waals surface area contributed by atoms with Crippen LogP contribution >= 0.6 is 0 Å². The van der Waals surface area contributed by atoms with Crippen molar-refractivity contribution >= 4 is 26.8 Å². The Morgan fingerprint density at radius 2 is 1.87 bits per heavy atom. The monoisotopic (exact) mass is 335 g/mol. The topological polar surface area (TPSA) is 73.5 Å². The Morgan fingerprint density at radius 3 is 2.57 bits per heavy atom. The van der Waals surface area contributed by atoms with Gasteiger partial charge in [0.1, 0.15) is 0 Å². The van der Waals surface area contributed by atoms with Crippen molar-refractivity contribution < 1.29 is 13.2 Å². The molecule has 6 nitrogen and oxygen atoms in total. The molecule has 7 heteroatoms. The van der Waals surface area contributed by atoms with Crippen LogP contribution in [0.1, 0.15) is 12.0 Å². The van der Waals surface area contributed by atoms with Crippen LogP contribution < -0.4 is 0 Å². The largest absolute Gasteiger partial charge is 0.361 e. The summed E-state index contributed by atoms with van der Waals surface area (Å²) in [5.74, 6) is 0.0865. The smallest absolute Gasteiger partial charge is 0.222 e. The summed E-state index contributed by atoms with van der Waals surface area (Å²) < 4.78 is 24.4. The Hall–Kier alpha value is -1.86. The first-order chi connectivity index (χ1) is 10.9. The lowest BCUT2D eigenvalue weighted by atomic mass is 10.1. The number of aryl methyl sites for hydroxylation is 1. The van der Waals surface area contributed by atoms with Crippen molar-refractivity contribution in [3.63, 3.8) is 0 Å². The lowest BCUT2D eigenvalue weighted by Gasteiger charge is -2.33. The Balaban J connectivity index is 1.56. The van der Waals surface area contributed by atoms with Crippen LogP contribution in [0.3, 0.4) is 0 Å². The minimum Gasteiger partial charge on any atom is -0.361 e. The lowest BCUT2D eigenvalue weighted by molar-refractivity contribution is -0.132. The molecule has 1 aromatic carbocycles. The lowest BCUT2D eigenvalue weighted by Crippen LogP contribution is -2.50. The summed E-state index contributed by atoms with van der Waals surface area (Å²) in [5, 5.41) is 1.15. The number of hydrogen-bond acceptors (Lipinski definition) is 3. The van der Waals surface area contributed by atoms with E-state index in [0.717, 1.165) is 16.5 Å². The standard InChI is InChI=1S/C16H21N3O3S/c1-23(21,22)19-10-8-18(9-11-19)16(20)7-6-13-12-17-15-5-3-2-4-14(13)15/h2-5,12,17H,6-11H2,1H3. The third-order valence-corrected chi connectivity index (χ3v) is 5.65. The number of rotatable bonds is 4. The first-order valence-electron chi connectivity index (χ1n) is 7.73. The van der Waals surface area contributed by atoms with Crippen LogP contribution in [0, 0.1) is 0 Å². The van der Waals surface area contributed by atoms with Crippen LogP contribution in [-0.2, 0) is 21.2 Å². The van der Waals surface area contributed by atoms with Gasteiger partial charge in [-0.25, -0.2) is 8.42 Å². The fraction of sp³-hybridized carbons (Fsp3) is 0.438. The Labute approximate surface area is 136 Å². The molecule has 0 radical (unpaired) electrons. The van der Waals surface area contributed by atoms with Crippen molar-refractivity contribution in [2.75, 3.05) is 32.4 Å². The molecule has 1 saturated heterocycles. The average Bonchev–Trinajstić information content (AvgIpc) is 2.95. The van der Waals surface area contributed by atoms with Gasteiger partial charge in [-0.1, -0.05) is 18.2 Å². The number of H-pyrrole nitrogens is 1. The van der Waals surface area contributed by atoms with Crippen molar-refractivity contribution in [1.82, 2.24) is 14.2 Å². The second kappa shape index (κ2) is 6.33. The van der Waals surface area contributed by atoms with Crippen LogP contribution in [0.5, 0.6) is 0 Å². The van der Waals surface area contributed by atoms with Gasteiger partial charge in [0.2, 0.25) is 15.9 Å². The Morgan fingerprint density at radius 1 is 1.17 bits per heavy atom. The summed E-state index contributed by atoms with van der Waals surface area (Å²) in [6.45, 7) is 1.72. The molecule has 0 spiro atoms. The van der Waals surface area contributed by atoms with E-state index >= 15 is 0 Å². The quantitative estimate of drug-likeness (QED) is 0.912. The number of fused-ring (bicyclic) bond motifs is 1. The number of aromatic amines is 1. The van der Waals surface area contributed by atoms with Gasteiger partial charge in [0, 0.05) is 49.7 Å². The molecule has 0 saturated carbocycles. The summed E-state index contributed by atoms with van der Waals surface area (Å²) in [7, 11) is -3.16. The SMILES string of the molecule is CS(=O)(=O)N1CCN(C(=O)CCc2c[nH]c3ccccc23)CC1. The molecule has 1 aliphatic rings. The average molecular weight is 335 g/mol. The van der Waals surface area contributed by atoms with Crippen LogP contribution in [0.2, 0.25) is 0 Å². The first kappa shape index (κ1) is 16.0. The normalized spacial score (nSPS) is 16.8. The summed E-state index contributed by atoms with van der Waals surface area (Å²) in [4.78, 5) is 17.3. The first-order valence-corrected chi connectivity index (χ1v) is 9.58. The summed E-state index contributed by atoms with van der Waals surface area (Å²) in [5.41, 5.74) is 2.22. The summed E-state index contributed by atoms with van der Waals surface area (Å²) in [6.07, 6.45) is 4.30. The second-order valence-electron chi connectivity index (χ2n) is 5.90. The number of nitrogens with one attached hydrogen (secondary N) is 1. The van der Waals surface area contributed by atoms with E-state index in [4.69, 9.17) is 0 Å². The molecule has 23 heavy (non-hydrogen) atoms. The van der Waals surface area contributed by atoms with Gasteiger partial charge in [-0.2, -0.15) is 4.31 Å². The molecule has 0 unspecified atom stereocenters. The van der Waals surface area contributed by atoms with Crippen molar-refractivity contribution in [3.8, 4) is 0 Å². The maximum atomic E-state index is 12.3. The molecule has 124 valence electrons. The maximum absolute atomic E-state index is 12.3. The number of benzene rings is 1. The highest BCUT2D eigenvalue weighted by molar-refractivity contribution is 7.88. The van der Waals surface area contributed by atoms with Crippen molar-refractivity contribution in [1.29, 1.82) is 0 Å². The van der Waals surface area contributed by atoms with E-state index in [9.17, 15) is 13.2 Å². The van der Waals surface area contributed by atoms with Gasteiger partial charge in [0.25, 0.3) is 0 Å². The number of hydrogen-bond donors (Lipinski definition) is 1.